The van der Waals surface area contributed by atoms with Gasteiger partial charge in [-0.3, -0.25) is 4.79 Å². The normalized spacial score (nSPS) is 18.1. The largest absolute Gasteiger partial charge is 0.494 e. The van der Waals surface area contributed by atoms with Gasteiger partial charge in [-0.25, -0.2) is 4.79 Å². The highest BCUT2D eigenvalue weighted by molar-refractivity contribution is 6.74. The van der Waals surface area contributed by atoms with Crippen molar-refractivity contribution in [2.24, 2.45) is 0 Å². The second-order valence-electron chi connectivity index (χ2n) is 10.9. The highest BCUT2D eigenvalue weighted by Gasteiger charge is 2.41. The Morgan fingerprint density at radius 3 is 2.50 bits per heavy atom. The van der Waals surface area contributed by atoms with E-state index in [1.807, 2.05) is 30.9 Å². The standard InChI is InChI=1S/C28H38ClNO5Si/c1-8-34-21-12-13-25(29)19(14-21)15-26(31)30-18(2)22-10-9-11-23(27(32)33)24(22)16-20(30)17-35-36(6,7)28(3,4)5/h9-14,18,20H,8,15-17H2,1-7H3,(H,32,33)/t18-,20+/m0/s1. The Labute approximate surface area is 220 Å². The van der Waals surface area contributed by atoms with Gasteiger partial charge in [0.1, 0.15) is 5.75 Å². The summed E-state index contributed by atoms with van der Waals surface area (Å²) in [4.78, 5) is 27.7. The van der Waals surface area contributed by atoms with Crippen LogP contribution in [0, 0.1) is 0 Å². The molecule has 6 nitrogen and oxygen atoms in total. The first kappa shape index (κ1) is 28.2. The molecule has 36 heavy (non-hydrogen) atoms. The number of hydrogen-bond donors (Lipinski definition) is 1. The van der Waals surface area contributed by atoms with Gasteiger partial charge in [0, 0.05) is 5.02 Å². The topological polar surface area (TPSA) is 76.1 Å². The van der Waals surface area contributed by atoms with Crippen molar-refractivity contribution in [2.45, 2.75) is 77.7 Å². The third kappa shape index (κ3) is 5.96. The average molecular weight is 532 g/mol. The van der Waals surface area contributed by atoms with Crippen LogP contribution in [-0.2, 0) is 22.1 Å². The van der Waals surface area contributed by atoms with E-state index in [9.17, 15) is 14.7 Å². The van der Waals surface area contributed by atoms with Crippen molar-refractivity contribution in [3.05, 3.63) is 63.7 Å². The van der Waals surface area contributed by atoms with Crippen LogP contribution in [0.15, 0.2) is 36.4 Å². The maximum atomic E-state index is 13.8. The predicted octanol–water partition coefficient (Wildman–Crippen LogP) is 6.52. The number of halogens is 1. The van der Waals surface area contributed by atoms with Crippen LogP contribution in [0.1, 0.15) is 67.7 Å². The van der Waals surface area contributed by atoms with Crippen molar-refractivity contribution in [3.8, 4) is 5.75 Å². The minimum Gasteiger partial charge on any atom is -0.494 e. The summed E-state index contributed by atoms with van der Waals surface area (Å²) in [5, 5.41) is 10.3. The molecule has 1 aliphatic rings. The number of carbonyl (C=O) groups excluding carboxylic acids is 1. The number of hydrogen-bond acceptors (Lipinski definition) is 4. The van der Waals surface area contributed by atoms with Gasteiger partial charge in [-0.2, -0.15) is 0 Å². The molecule has 0 saturated heterocycles. The lowest BCUT2D eigenvalue weighted by atomic mass is 9.85. The molecule has 196 valence electrons. The maximum absolute atomic E-state index is 13.8. The van der Waals surface area contributed by atoms with E-state index in [1.54, 1.807) is 24.3 Å². The number of carbonyl (C=O) groups is 2. The van der Waals surface area contributed by atoms with Gasteiger partial charge in [-0.15, -0.1) is 0 Å². The van der Waals surface area contributed by atoms with Gasteiger partial charge in [0.05, 0.1) is 37.3 Å². The van der Waals surface area contributed by atoms with Crippen LogP contribution in [0.25, 0.3) is 0 Å². The summed E-state index contributed by atoms with van der Waals surface area (Å²) in [6.07, 6.45) is 0.545. The fourth-order valence-electron chi connectivity index (χ4n) is 4.50. The number of amides is 1. The van der Waals surface area contributed by atoms with E-state index in [1.165, 1.54) is 0 Å². The molecule has 8 heteroatoms. The zero-order valence-electron chi connectivity index (χ0n) is 22.4. The fourth-order valence-corrected chi connectivity index (χ4v) is 5.73. The summed E-state index contributed by atoms with van der Waals surface area (Å²) in [5.74, 6) is -0.360. The van der Waals surface area contributed by atoms with Gasteiger partial charge in [-0.1, -0.05) is 44.5 Å². The highest BCUT2D eigenvalue weighted by atomic mass is 35.5. The van der Waals surface area contributed by atoms with E-state index in [0.717, 1.165) is 11.1 Å². The molecule has 0 bridgehead atoms. The molecule has 1 amide bonds. The predicted molar refractivity (Wildman–Crippen MR) is 146 cm³/mol. The van der Waals surface area contributed by atoms with E-state index in [0.29, 0.717) is 36.0 Å². The first-order valence-corrected chi connectivity index (χ1v) is 15.8. The number of carboxylic acid groups (broad SMARTS) is 1. The quantitative estimate of drug-likeness (QED) is 0.392. The Kier molecular flexibility index (Phi) is 8.58. The lowest BCUT2D eigenvalue weighted by Gasteiger charge is -2.44. The van der Waals surface area contributed by atoms with Gasteiger partial charge >= 0.3 is 5.97 Å². The van der Waals surface area contributed by atoms with Crippen molar-refractivity contribution in [1.82, 2.24) is 4.90 Å². The van der Waals surface area contributed by atoms with Gasteiger partial charge in [0.2, 0.25) is 5.91 Å². The summed E-state index contributed by atoms with van der Waals surface area (Å²) >= 11 is 6.45. The van der Waals surface area contributed by atoms with Crippen molar-refractivity contribution < 1.29 is 23.9 Å². The summed E-state index contributed by atoms with van der Waals surface area (Å²) in [7, 11) is -2.09. The van der Waals surface area contributed by atoms with Gasteiger partial charge in [0.25, 0.3) is 0 Å². The Hall–Kier alpha value is -2.35. The molecule has 2 aromatic carbocycles. The molecule has 1 heterocycles. The fraction of sp³-hybridized carbons (Fsp3) is 0.500. The summed E-state index contributed by atoms with van der Waals surface area (Å²) in [6, 6.07) is 10.1. The van der Waals surface area contributed by atoms with E-state index < -0.39 is 14.3 Å². The second kappa shape index (κ2) is 10.9. The SMILES string of the molecule is CCOc1ccc(Cl)c(CC(=O)N2[C@@H](CO[Si](C)(C)C(C)(C)C)Cc3c(C(=O)O)cccc3[C@@H]2C)c1. The molecular weight excluding hydrogens is 494 g/mol. The maximum Gasteiger partial charge on any atom is 0.335 e. The molecule has 0 fully saturated rings. The number of aromatic carboxylic acids is 1. The molecule has 0 aliphatic carbocycles. The highest BCUT2D eigenvalue weighted by Crippen LogP contribution is 2.39. The Morgan fingerprint density at radius 2 is 1.89 bits per heavy atom. The number of benzene rings is 2. The number of ether oxygens (including phenoxy) is 1. The lowest BCUT2D eigenvalue weighted by Crippen LogP contribution is -2.52. The van der Waals surface area contributed by atoms with Crippen molar-refractivity contribution in [3.63, 3.8) is 0 Å². The van der Waals surface area contributed by atoms with Crippen LogP contribution < -0.4 is 4.74 Å². The van der Waals surface area contributed by atoms with Crippen molar-refractivity contribution >= 4 is 31.8 Å². The van der Waals surface area contributed by atoms with Crippen LogP contribution in [0.4, 0.5) is 0 Å². The third-order valence-corrected chi connectivity index (χ3v) is 12.4. The lowest BCUT2D eigenvalue weighted by molar-refractivity contribution is -0.137. The van der Waals surface area contributed by atoms with Gasteiger partial charge in [0.15, 0.2) is 8.32 Å². The average Bonchev–Trinajstić information content (AvgIpc) is 2.79. The Morgan fingerprint density at radius 1 is 1.19 bits per heavy atom. The molecule has 0 aromatic heterocycles. The van der Waals surface area contributed by atoms with E-state index in [4.69, 9.17) is 20.8 Å². The molecule has 1 N–H and O–H groups in total. The number of nitrogens with zero attached hydrogens (tertiary/aromatic N) is 1. The van der Waals surface area contributed by atoms with Crippen LogP contribution in [0.5, 0.6) is 5.75 Å². The monoisotopic (exact) mass is 531 g/mol. The first-order chi connectivity index (χ1) is 16.8. The van der Waals surface area contributed by atoms with Gasteiger partial charge < -0.3 is 19.2 Å². The molecule has 0 unspecified atom stereocenters. The number of rotatable bonds is 8. The van der Waals surface area contributed by atoms with Gasteiger partial charge in [-0.05, 0) is 79.4 Å². The minimum absolute atomic E-state index is 0.0134. The molecule has 3 rings (SSSR count). The summed E-state index contributed by atoms with van der Waals surface area (Å²) < 4.78 is 12.2. The van der Waals surface area contributed by atoms with Crippen LogP contribution in [-0.4, -0.2) is 49.5 Å². The molecule has 0 spiro atoms. The Bertz CT molecular complexity index is 1130. The Balaban J connectivity index is 1.98. The minimum atomic E-state index is -2.09. The number of carboxylic acids is 1. The molecule has 2 atom stereocenters. The zero-order valence-corrected chi connectivity index (χ0v) is 24.1. The van der Waals surface area contributed by atoms with E-state index in [2.05, 4.69) is 33.9 Å². The van der Waals surface area contributed by atoms with Crippen LogP contribution in [0.2, 0.25) is 23.2 Å². The van der Waals surface area contributed by atoms with Crippen LogP contribution in [0.3, 0.4) is 0 Å². The molecule has 1 aliphatic heterocycles. The van der Waals surface area contributed by atoms with E-state index >= 15 is 0 Å². The van der Waals surface area contributed by atoms with E-state index in [-0.39, 0.29) is 35.0 Å². The number of fused-ring (bicyclic) bond motifs is 1. The molecule has 0 saturated carbocycles. The van der Waals surface area contributed by atoms with Crippen LogP contribution >= 0.6 is 11.6 Å². The summed E-state index contributed by atoms with van der Waals surface area (Å²) in [5.41, 5.74) is 2.63. The summed E-state index contributed by atoms with van der Waals surface area (Å²) in [6.45, 7) is 15.6. The smallest absolute Gasteiger partial charge is 0.335 e. The molecule has 0 radical (unpaired) electrons. The molecular formula is C28H38ClNO5Si. The van der Waals surface area contributed by atoms with Crippen molar-refractivity contribution in [1.29, 1.82) is 0 Å². The zero-order chi connectivity index (χ0) is 26.8. The first-order valence-electron chi connectivity index (χ1n) is 12.5. The van der Waals surface area contributed by atoms with Crippen molar-refractivity contribution in [2.75, 3.05) is 13.2 Å². The molecule has 2 aromatic rings. The second-order valence-corrected chi connectivity index (χ2v) is 16.2. The third-order valence-electron chi connectivity index (χ3n) is 7.54.